The zero-order valence-electron chi connectivity index (χ0n) is 6.26. The Kier molecular flexibility index (Phi) is 1.38. The molecule has 0 fully saturated rings. The second-order valence-electron chi connectivity index (χ2n) is 2.35. The van der Waals surface area contributed by atoms with Crippen molar-refractivity contribution in [3.63, 3.8) is 0 Å². The summed E-state index contributed by atoms with van der Waals surface area (Å²) in [5.74, 6) is -1.08. The molecule has 13 heavy (non-hydrogen) atoms. The van der Waals surface area contributed by atoms with Crippen LogP contribution in [0.2, 0.25) is 0 Å². The number of aromatic nitrogens is 4. The van der Waals surface area contributed by atoms with E-state index in [1.165, 1.54) is 10.7 Å². The number of carboxylic acid groups (broad SMARTS) is 1. The second-order valence-corrected chi connectivity index (χ2v) is 2.35. The van der Waals surface area contributed by atoms with Crippen molar-refractivity contribution >= 4 is 11.7 Å². The number of carbonyl (C=O) groups is 1. The molecule has 2 rings (SSSR count). The SMILES string of the molecule is O=C(O)c1cc(=O)[nH]c2nncn12. The van der Waals surface area contributed by atoms with Crippen LogP contribution in [0.3, 0.4) is 0 Å². The summed E-state index contributed by atoms with van der Waals surface area (Å²) in [6.07, 6.45) is 1.22. The van der Waals surface area contributed by atoms with Gasteiger partial charge in [-0.2, -0.15) is 0 Å². The Balaban J connectivity index is 2.93. The largest absolute Gasteiger partial charge is 0.477 e. The van der Waals surface area contributed by atoms with Gasteiger partial charge in [-0.05, 0) is 0 Å². The maximum absolute atomic E-state index is 10.9. The quantitative estimate of drug-likeness (QED) is 0.593. The average Bonchev–Trinajstić information content (AvgIpc) is 2.49. The lowest BCUT2D eigenvalue weighted by molar-refractivity contribution is 0.0688. The minimum absolute atomic E-state index is 0.116. The van der Waals surface area contributed by atoms with Gasteiger partial charge in [0, 0.05) is 6.07 Å². The van der Waals surface area contributed by atoms with Gasteiger partial charge in [0.25, 0.3) is 5.56 Å². The molecular formula is C6H4N4O3. The van der Waals surface area contributed by atoms with Gasteiger partial charge in [0.15, 0.2) is 0 Å². The second kappa shape index (κ2) is 2.41. The van der Waals surface area contributed by atoms with Crippen molar-refractivity contribution in [3.05, 3.63) is 28.4 Å². The van der Waals surface area contributed by atoms with E-state index in [1.807, 2.05) is 0 Å². The van der Waals surface area contributed by atoms with Crippen molar-refractivity contribution in [2.24, 2.45) is 0 Å². The highest BCUT2D eigenvalue weighted by Crippen LogP contribution is 1.97. The lowest BCUT2D eigenvalue weighted by Gasteiger charge is -1.96. The predicted molar refractivity (Wildman–Crippen MR) is 40.6 cm³/mol. The molecule has 0 aliphatic carbocycles. The number of carboxylic acids is 1. The summed E-state index contributed by atoms with van der Waals surface area (Å²) in [6.45, 7) is 0. The van der Waals surface area contributed by atoms with Crippen LogP contribution in [0.15, 0.2) is 17.2 Å². The number of aromatic carboxylic acids is 1. The first-order chi connectivity index (χ1) is 6.18. The zero-order chi connectivity index (χ0) is 9.42. The van der Waals surface area contributed by atoms with E-state index < -0.39 is 11.5 Å². The molecular weight excluding hydrogens is 176 g/mol. The topological polar surface area (TPSA) is 100 Å². The maximum atomic E-state index is 10.9. The van der Waals surface area contributed by atoms with Crippen LogP contribution in [0.25, 0.3) is 5.78 Å². The molecule has 2 heterocycles. The van der Waals surface area contributed by atoms with Crippen LogP contribution in [0.1, 0.15) is 10.5 Å². The number of fused-ring (bicyclic) bond motifs is 1. The summed E-state index contributed by atoms with van der Waals surface area (Å²) in [5.41, 5.74) is -0.679. The normalized spacial score (nSPS) is 10.5. The van der Waals surface area contributed by atoms with E-state index in [0.717, 1.165) is 6.07 Å². The van der Waals surface area contributed by atoms with Crippen molar-refractivity contribution in [2.75, 3.05) is 0 Å². The minimum Gasteiger partial charge on any atom is -0.477 e. The Morgan fingerprint density at radius 2 is 2.38 bits per heavy atom. The van der Waals surface area contributed by atoms with E-state index in [1.54, 1.807) is 0 Å². The van der Waals surface area contributed by atoms with E-state index >= 15 is 0 Å². The fourth-order valence-corrected chi connectivity index (χ4v) is 1.00. The predicted octanol–water partition coefficient (Wildman–Crippen LogP) is -0.884. The van der Waals surface area contributed by atoms with E-state index in [-0.39, 0.29) is 11.5 Å². The van der Waals surface area contributed by atoms with Crippen LogP contribution in [0.4, 0.5) is 0 Å². The van der Waals surface area contributed by atoms with Gasteiger partial charge in [0.1, 0.15) is 12.0 Å². The van der Waals surface area contributed by atoms with Crippen LogP contribution in [0.5, 0.6) is 0 Å². The van der Waals surface area contributed by atoms with Gasteiger partial charge < -0.3 is 5.11 Å². The van der Waals surface area contributed by atoms with Gasteiger partial charge in [-0.1, -0.05) is 0 Å². The standard InChI is InChI=1S/C6H4N4O3/c11-4-1-3(5(12)13)10-2-7-9-6(10)8-4/h1-2H,(H,12,13)(H,8,9,11). The highest BCUT2D eigenvalue weighted by atomic mass is 16.4. The highest BCUT2D eigenvalue weighted by molar-refractivity contribution is 5.86. The molecule has 7 nitrogen and oxygen atoms in total. The van der Waals surface area contributed by atoms with Crippen molar-refractivity contribution < 1.29 is 9.90 Å². The summed E-state index contributed by atoms with van der Waals surface area (Å²) >= 11 is 0. The molecule has 0 atom stereocenters. The summed E-state index contributed by atoms with van der Waals surface area (Å²) in [7, 11) is 0. The maximum Gasteiger partial charge on any atom is 0.353 e. The average molecular weight is 180 g/mol. The number of nitrogens with zero attached hydrogens (tertiary/aromatic N) is 3. The van der Waals surface area contributed by atoms with Crippen molar-refractivity contribution in [1.82, 2.24) is 19.6 Å². The molecule has 0 spiro atoms. The van der Waals surface area contributed by atoms with Crippen LogP contribution in [-0.2, 0) is 0 Å². The lowest BCUT2D eigenvalue weighted by atomic mass is 10.4. The monoisotopic (exact) mass is 180 g/mol. The summed E-state index contributed by atoms with van der Waals surface area (Å²) < 4.78 is 1.18. The Morgan fingerprint density at radius 3 is 3.08 bits per heavy atom. The van der Waals surface area contributed by atoms with Crippen molar-refractivity contribution in [2.45, 2.75) is 0 Å². The molecule has 0 aliphatic heterocycles. The fraction of sp³-hybridized carbons (Fsp3) is 0. The van der Waals surface area contributed by atoms with Gasteiger partial charge in [-0.3, -0.25) is 14.2 Å². The van der Waals surface area contributed by atoms with Gasteiger partial charge in [-0.25, -0.2) is 4.79 Å². The molecule has 2 aromatic heterocycles. The number of rotatable bonds is 1. The van der Waals surface area contributed by atoms with Gasteiger partial charge >= 0.3 is 5.97 Å². The fourth-order valence-electron chi connectivity index (χ4n) is 1.00. The molecule has 7 heteroatoms. The smallest absolute Gasteiger partial charge is 0.353 e. The molecule has 0 aliphatic rings. The first-order valence-electron chi connectivity index (χ1n) is 3.35. The first kappa shape index (κ1) is 7.47. The van der Waals surface area contributed by atoms with Crippen LogP contribution < -0.4 is 5.56 Å². The number of H-pyrrole nitrogens is 1. The Bertz CT molecular complexity index is 526. The Morgan fingerprint density at radius 1 is 1.62 bits per heavy atom. The number of nitrogens with one attached hydrogen (secondary N) is 1. The van der Waals surface area contributed by atoms with E-state index in [9.17, 15) is 9.59 Å². The number of hydrogen-bond donors (Lipinski definition) is 2. The highest BCUT2D eigenvalue weighted by Gasteiger charge is 2.10. The molecule has 0 saturated heterocycles. The van der Waals surface area contributed by atoms with Gasteiger partial charge in [-0.15, -0.1) is 10.2 Å². The third kappa shape index (κ3) is 1.06. The molecule has 0 bridgehead atoms. The van der Waals surface area contributed by atoms with E-state index in [0.29, 0.717) is 0 Å². The lowest BCUT2D eigenvalue weighted by Crippen LogP contribution is -2.14. The molecule has 0 radical (unpaired) electrons. The molecule has 66 valence electrons. The zero-order valence-corrected chi connectivity index (χ0v) is 6.26. The summed E-state index contributed by atoms with van der Waals surface area (Å²) in [6, 6.07) is 0.971. The molecule has 2 N–H and O–H groups in total. The third-order valence-corrected chi connectivity index (χ3v) is 1.53. The van der Waals surface area contributed by atoms with Crippen LogP contribution in [-0.4, -0.2) is 30.7 Å². The Hall–Kier alpha value is -2.18. The van der Waals surface area contributed by atoms with Crippen LogP contribution >= 0.6 is 0 Å². The molecule has 0 amide bonds. The van der Waals surface area contributed by atoms with Gasteiger partial charge in [0.2, 0.25) is 5.78 Å². The third-order valence-electron chi connectivity index (χ3n) is 1.53. The van der Waals surface area contributed by atoms with E-state index in [2.05, 4.69) is 15.2 Å². The number of aromatic amines is 1. The summed E-state index contributed by atoms with van der Waals surface area (Å²) in [5, 5.41) is 15.7. The Labute approximate surface area is 70.7 Å². The van der Waals surface area contributed by atoms with Crippen molar-refractivity contribution in [3.8, 4) is 0 Å². The molecule has 0 saturated carbocycles. The first-order valence-corrected chi connectivity index (χ1v) is 3.35. The summed E-state index contributed by atoms with van der Waals surface area (Å²) in [4.78, 5) is 23.9. The molecule has 0 aromatic carbocycles. The minimum atomic E-state index is -1.20. The van der Waals surface area contributed by atoms with Gasteiger partial charge in [0.05, 0.1) is 0 Å². The molecule has 0 unspecified atom stereocenters. The van der Waals surface area contributed by atoms with Crippen LogP contribution in [0, 0.1) is 0 Å². The van der Waals surface area contributed by atoms with Crippen molar-refractivity contribution in [1.29, 1.82) is 0 Å². The molecule has 2 aromatic rings. The van der Waals surface area contributed by atoms with E-state index in [4.69, 9.17) is 5.11 Å². The number of hydrogen-bond acceptors (Lipinski definition) is 4.